The summed E-state index contributed by atoms with van der Waals surface area (Å²) in [5, 5.41) is 13.1. The zero-order chi connectivity index (χ0) is 13.1. The maximum absolute atomic E-state index is 11.6. The van der Waals surface area contributed by atoms with Gasteiger partial charge in [0.05, 0.1) is 18.8 Å². The molecule has 9 heteroatoms. The number of hydrogen-bond acceptors (Lipinski definition) is 6. The largest absolute Gasteiger partial charge is 0.390 e. The molecule has 1 aromatic heterocycles. The standard InChI is InChI=1S/C9H12N6O3/c10-7-1-2-15(9(17)13-7)8-3-5(16)6(18-8)4-12-14-11/h1-2,5-6,8,16H,3-4H2,(H2,10,13,17)/t5-,6+,8-/m0/s1. The topological polar surface area (TPSA) is 139 Å². The first-order valence-electron chi connectivity index (χ1n) is 5.31. The van der Waals surface area contributed by atoms with Gasteiger partial charge in [0.25, 0.3) is 0 Å². The lowest BCUT2D eigenvalue weighted by atomic mass is 10.2. The predicted octanol–water partition coefficient (Wildman–Crippen LogP) is -0.216. The zero-order valence-corrected chi connectivity index (χ0v) is 9.38. The molecule has 96 valence electrons. The summed E-state index contributed by atoms with van der Waals surface area (Å²) in [5.41, 5.74) is 13.0. The molecule has 0 spiro atoms. The molecule has 0 saturated carbocycles. The molecule has 18 heavy (non-hydrogen) atoms. The summed E-state index contributed by atoms with van der Waals surface area (Å²) in [6, 6.07) is 1.47. The third-order valence-electron chi connectivity index (χ3n) is 2.69. The van der Waals surface area contributed by atoms with Crippen molar-refractivity contribution in [1.82, 2.24) is 9.55 Å². The number of nitrogen functional groups attached to an aromatic ring is 1. The summed E-state index contributed by atoms with van der Waals surface area (Å²) in [6.45, 7) is 0.0192. The smallest absolute Gasteiger partial charge is 0.351 e. The van der Waals surface area contributed by atoms with Crippen molar-refractivity contribution in [1.29, 1.82) is 0 Å². The number of rotatable bonds is 3. The van der Waals surface area contributed by atoms with Crippen molar-refractivity contribution in [2.45, 2.75) is 24.9 Å². The summed E-state index contributed by atoms with van der Waals surface area (Å²) < 4.78 is 6.70. The van der Waals surface area contributed by atoms with E-state index in [-0.39, 0.29) is 18.8 Å². The molecule has 2 heterocycles. The fourth-order valence-electron chi connectivity index (χ4n) is 1.81. The molecule has 1 aliphatic heterocycles. The predicted molar refractivity (Wildman–Crippen MR) is 61.5 cm³/mol. The quantitative estimate of drug-likeness (QED) is 0.435. The fourth-order valence-corrected chi connectivity index (χ4v) is 1.81. The second kappa shape index (κ2) is 5.05. The van der Waals surface area contributed by atoms with Gasteiger partial charge in [0, 0.05) is 17.5 Å². The maximum Gasteiger partial charge on any atom is 0.351 e. The summed E-state index contributed by atoms with van der Waals surface area (Å²) >= 11 is 0. The lowest BCUT2D eigenvalue weighted by Gasteiger charge is -2.14. The van der Waals surface area contributed by atoms with Crippen LogP contribution in [0.25, 0.3) is 10.4 Å². The van der Waals surface area contributed by atoms with Crippen molar-refractivity contribution in [2.24, 2.45) is 5.11 Å². The number of aliphatic hydroxyl groups excluding tert-OH is 1. The first kappa shape index (κ1) is 12.4. The van der Waals surface area contributed by atoms with Crippen LogP contribution in [-0.4, -0.2) is 33.4 Å². The van der Waals surface area contributed by atoms with Crippen LogP contribution >= 0.6 is 0 Å². The van der Waals surface area contributed by atoms with E-state index in [0.717, 1.165) is 0 Å². The summed E-state index contributed by atoms with van der Waals surface area (Å²) in [7, 11) is 0. The molecular formula is C9H12N6O3. The van der Waals surface area contributed by atoms with Gasteiger partial charge < -0.3 is 15.6 Å². The molecule has 0 aliphatic carbocycles. The van der Waals surface area contributed by atoms with E-state index in [0.29, 0.717) is 0 Å². The Balaban J connectivity index is 2.16. The third-order valence-corrected chi connectivity index (χ3v) is 2.69. The van der Waals surface area contributed by atoms with Gasteiger partial charge in [-0.1, -0.05) is 5.11 Å². The molecule has 9 nitrogen and oxygen atoms in total. The van der Waals surface area contributed by atoms with E-state index in [1.54, 1.807) is 0 Å². The van der Waals surface area contributed by atoms with Crippen LogP contribution in [0.2, 0.25) is 0 Å². The molecule has 0 amide bonds. The maximum atomic E-state index is 11.6. The number of aliphatic hydroxyl groups is 1. The molecule has 1 aromatic rings. The second-order valence-electron chi connectivity index (χ2n) is 3.89. The number of aromatic nitrogens is 2. The molecule has 0 bridgehead atoms. The Morgan fingerprint density at radius 1 is 1.78 bits per heavy atom. The van der Waals surface area contributed by atoms with E-state index >= 15 is 0 Å². The SMILES string of the molecule is [N-]=[N+]=NC[C@H]1O[C@H](n2ccc(N)nc2=O)C[C@@H]1O. The Morgan fingerprint density at radius 3 is 3.22 bits per heavy atom. The van der Waals surface area contributed by atoms with Gasteiger partial charge in [0.1, 0.15) is 12.0 Å². The van der Waals surface area contributed by atoms with Crippen LogP contribution in [0.3, 0.4) is 0 Å². The first-order valence-corrected chi connectivity index (χ1v) is 5.31. The van der Waals surface area contributed by atoms with Crippen LogP contribution in [0.5, 0.6) is 0 Å². The lowest BCUT2D eigenvalue weighted by molar-refractivity contribution is -0.0149. The Labute approximate surface area is 101 Å². The van der Waals surface area contributed by atoms with E-state index in [9.17, 15) is 9.90 Å². The van der Waals surface area contributed by atoms with Crippen LogP contribution in [0, 0.1) is 0 Å². The minimum absolute atomic E-state index is 0.0192. The molecule has 3 N–H and O–H groups in total. The molecule has 1 saturated heterocycles. The van der Waals surface area contributed by atoms with Crippen molar-refractivity contribution in [3.05, 3.63) is 33.2 Å². The number of nitrogens with two attached hydrogens (primary N) is 1. The van der Waals surface area contributed by atoms with Gasteiger partial charge >= 0.3 is 5.69 Å². The van der Waals surface area contributed by atoms with Crippen molar-refractivity contribution in [3.8, 4) is 0 Å². The van der Waals surface area contributed by atoms with Crippen molar-refractivity contribution < 1.29 is 9.84 Å². The highest BCUT2D eigenvalue weighted by Gasteiger charge is 2.34. The minimum Gasteiger partial charge on any atom is -0.390 e. The van der Waals surface area contributed by atoms with E-state index in [1.807, 2.05) is 0 Å². The monoisotopic (exact) mass is 252 g/mol. The highest BCUT2D eigenvalue weighted by Crippen LogP contribution is 2.27. The van der Waals surface area contributed by atoms with E-state index in [4.69, 9.17) is 16.0 Å². The van der Waals surface area contributed by atoms with Crippen LogP contribution in [0.15, 0.2) is 22.2 Å². The summed E-state index contributed by atoms with van der Waals surface area (Å²) in [4.78, 5) is 17.8. The Bertz CT molecular complexity index is 537. The summed E-state index contributed by atoms with van der Waals surface area (Å²) in [5.74, 6) is 0.125. The van der Waals surface area contributed by atoms with Crippen LogP contribution in [-0.2, 0) is 4.74 Å². The highest BCUT2D eigenvalue weighted by atomic mass is 16.5. The highest BCUT2D eigenvalue weighted by molar-refractivity contribution is 5.23. The third kappa shape index (κ3) is 2.43. The van der Waals surface area contributed by atoms with E-state index < -0.39 is 24.1 Å². The lowest BCUT2D eigenvalue weighted by Crippen LogP contribution is -2.27. The summed E-state index contributed by atoms with van der Waals surface area (Å²) in [6.07, 6.45) is -0.338. The Hall–Kier alpha value is -2.09. The molecule has 1 fully saturated rings. The molecule has 1 aliphatic rings. The normalized spacial score (nSPS) is 26.8. The van der Waals surface area contributed by atoms with Gasteiger partial charge in [-0.25, -0.2) is 4.79 Å². The van der Waals surface area contributed by atoms with Gasteiger partial charge in [-0.15, -0.1) is 0 Å². The van der Waals surface area contributed by atoms with Crippen molar-refractivity contribution in [2.75, 3.05) is 12.3 Å². The fraction of sp³-hybridized carbons (Fsp3) is 0.556. The van der Waals surface area contributed by atoms with Crippen LogP contribution in [0.1, 0.15) is 12.6 Å². The molecular weight excluding hydrogens is 240 g/mol. The average molecular weight is 252 g/mol. The molecule has 0 radical (unpaired) electrons. The Kier molecular flexibility index (Phi) is 3.47. The number of nitrogens with zero attached hydrogens (tertiary/aromatic N) is 5. The first-order chi connectivity index (χ1) is 8.61. The number of hydrogen-bond donors (Lipinski definition) is 2. The average Bonchev–Trinajstić information content (AvgIpc) is 2.68. The van der Waals surface area contributed by atoms with Crippen LogP contribution < -0.4 is 11.4 Å². The molecule has 2 rings (SSSR count). The minimum atomic E-state index is -0.787. The van der Waals surface area contributed by atoms with Crippen LogP contribution in [0.4, 0.5) is 5.82 Å². The Morgan fingerprint density at radius 2 is 2.56 bits per heavy atom. The number of azide groups is 1. The van der Waals surface area contributed by atoms with Crippen molar-refractivity contribution in [3.63, 3.8) is 0 Å². The van der Waals surface area contributed by atoms with E-state index in [1.165, 1.54) is 16.8 Å². The van der Waals surface area contributed by atoms with Crippen molar-refractivity contribution >= 4 is 5.82 Å². The second-order valence-corrected chi connectivity index (χ2v) is 3.89. The van der Waals surface area contributed by atoms with Gasteiger partial charge in [0.15, 0.2) is 0 Å². The van der Waals surface area contributed by atoms with Gasteiger partial charge in [-0.3, -0.25) is 4.57 Å². The van der Waals surface area contributed by atoms with E-state index in [2.05, 4.69) is 15.0 Å². The number of anilines is 1. The van der Waals surface area contributed by atoms with Gasteiger partial charge in [-0.05, 0) is 11.6 Å². The zero-order valence-electron chi connectivity index (χ0n) is 9.38. The number of ether oxygens (including phenoxy) is 1. The molecule has 0 aromatic carbocycles. The molecule has 0 unspecified atom stereocenters. The van der Waals surface area contributed by atoms with Gasteiger partial charge in [0.2, 0.25) is 0 Å². The van der Waals surface area contributed by atoms with Gasteiger partial charge in [-0.2, -0.15) is 4.98 Å². The molecule has 3 atom stereocenters.